The molecule has 0 unspecified atom stereocenters. The predicted molar refractivity (Wildman–Crippen MR) is 162 cm³/mol. The van der Waals surface area contributed by atoms with Gasteiger partial charge in [0.1, 0.15) is 0 Å². The lowest BCUT2D eigenvalue weighted by Gasteiger charge is -2.05. The Kier molecular flexibility index (Phi) is 31.3. The Hall–Kier alpha value is -1.06. The second-order valence-corrected chi connectivity index (χ2v) is 11.6. The fourth-order valence-corrected chi connectivity index (χ4v) is 5.10. The summed E-state index contributed by atoms with van der Waals surface area (Å²) in [5.41, 5.74) is 0. The normalized spacial score (nSPS) is 11.1. The molecule has 0 radical (unpaired) electrons. The van der Waals surface area contributed by atoms with Gasteiger partial charge in [0.05, 0.1) is 12.8 Å². The van der Waals surface area contributed by atoms with Crippen molar-refractivity contribution in [3.8, 4) is 0 Å². The Labute approximate surface area is 237 Å². The SMILES string of the molecule is CCCCCCCCCCCCCCCCC(=O)OOC(=O)CCCCCCCCCCCCCCCC. The van der Waals surface area contributed by atoms with E-state index in [1.165, 1.54) is 154 Å². The lowest BCUT2D eigenvalue weighted by atomic mass is 10.0. The van der Waals surface area contributed by atoms with E-state index in [0.29, 0.717) is 12.8 Å². The Balaban J connectivity index is 3.27. The van der Waals surface area contributed by atoms with Crippen LogP contribution in [0.15, 0.2) is 0 Å². The average molecular weight is 539 g/mol. The minimum Gasteiger partial charge on any atom is -0.247 e. The van der Waals surface area contributed by atoms with Gasteiger partial charge in [0.2, 0.25) is 0 Å². The van der Waals surface area contributed by atoms with E-state index >= 15 is 0 Å². The van der Waals surface area contributed by atoms with Crippen molar-refractivity contribution in [3.05, 3.63) is 0 Å². The van der Waals surface area contributed by atoms with E-state index in [2.05, 4.69) is 13.8 Å². The molecule has 0 rings (SSSR count). The van der Waals surface area contributed by atoms with Gasteiger partial charge >= 0.3 is 11.9 Å². The van der Waals surface area contributed by atoms with Crippen molar-refractivity contribution < 1.29 is 19.4 Å². The van der Waals surface area contributed by atoms with Crippen LogP contribution in [0, 0.1) is 0 Å². The summed E-state index contributed by atoms with van der Waals surface area (Å²) >= 11 is 0. The molecule has 0 bridgehead atoms. The van der Waals surface area contributed by atoms with Gasteiger partial charge in [-0.2, -0.15) is 0 Å². The lowest BCUT2D eigenvalue weighted by molar-refractivity contribution is -0.259. The number of carbonyl (C=O) groups is 2. The molecule has 0 saturated heterocycles. The molecule has 0 aliphatic heterocycles. The molecule has 4 nitrogen and oxygen atoms in total. The van der Waals surface area contributed by atoms with Crippen LogP contribution in [0.3, 0.4) is 0 Å². The van der Waals surface area contributed by atoms with Gasteiger partial charge in [-0.1, -0.05) is 181 Å². The summed E-state index contributed by atoms with van der Waals surface area (Å²) in [6.07, 6.45) is 36.7. The van der Waals surface area contributed by atoms with E-state index in [4.69, 9.17) is 9.78 Å². The van der Waals surface area contributed by atoms with E-state index in [-0.39, 0.29) is 0 Å². The van der Waals surface area contributed by atoms with E-state index in [0.717, 1.165) is 25.7 Å². The molecule has 0 fully saturated rings. The van der Waals surface area contributed by atoms with Crippen molar-refractivity contribution in [2.45, 2.75) is 206 Å². The highest BCUT2D eigenvalue weighted by Crippen LogP contribution is 2.15. The van der Waals surface area contributed by atoms with Crippen LogP contribution in [-0.2, 0) is 19.4 Å². The number of unbranched alkanes of at least 4 members (excludes halogenated alkanes) is 26. The second kappa shape index (κ2) is 32.2. The maximum absolute atomic E-state index is 11.8. The summed E-state index contributed by atoms with van der Waals surface area (Å²) in [4.78, 5) is 32.9. The van der Waals surface area contributed by atoms with E-state index in [9.17, 15) is 9.59 Å². The topological polar surface area (TPSA) is 52.6 Å². The molecule has 4 heteroatoms. The minimum atomic E-state index is -0.418. The molecule has 226 valence electrons. The fourth-order valence-electron chi connectivity index (χ4n) is 5.10. The third-order valence-corrected chi connectivity index (χ3v) is 7.70. The molecule has 0 saturated carbocycles. The molecule has 0 amide bonds. The number of rotatable bonds is 30. The predicted octanol–water partition coefficient (Wildman–Crippen LogP) is 11.7. The molecule has 0 aromatic rings. The summed E-state index contributed by atoms with van der Waals surface area (Å²) in [6.45, 7) is 4.54. The van der Waals surface area contributed by atoms with Crippen LogP contribution in [0.2, 0.25) is 0 Å². The first-order valence-electron chi connectivity index (χ1n) is 17.1. The summed E-state index contributed by atoms with van der Waals surface area (Å²) in [5, 5.41) is 0. The van der Waals surface area contributed by atoms with E-state index in [1.807, 2.05) is 0 Å². The van der Waals surface area contributed by atoms with Crippen LogP contribution in [0.4, 0.5) is 0 Å². The summed E-state index contributed by atoms with van der Waals surface area (Å²) < 4.78 is 0. The Morgan fingerprint density at radius 3 is 0.711 bits per heavy atom. The van der Waals surface area contributed by atoms with Crippen molar-refractivity contribution in [1.82, 2.24) is 0 Å². The summed E-state index contributed by atoms with van der Waals surface area (Å²) in [5.74, 6) is -0.837. The van der Waals surface area contributed by atoms with Crippen LogP contribution < -0.4 is 0 Å². The summed E-state index contributed by atoms with van der Waals surface area (Å²) in [6, 6.07) is 0. The third kappa shape index (κ3) is 31.2. The average Bonchev–Trinajstić information content (AvgIpc) is 2.92. The van der Waals surface area contributed by atoms with Gasteiger partial charge in [-0.3, -0.25) is 0 Å². The second-order valence-electron chi connectivity index (χ2n) is 11.6. The highest BCUT2D eigenvalue weighted by atomic mass is 17.2. The number of hydrogen-bond donors (Lipinski definition) is 0. The highest BCUT2D eigenvalue weighted by molar-refractivity contribution is 5.72. The first-order chi connectivity index (χ1) is 18.7. The Morgan fingerprint density at radius 1 is 0.316 bits per heavy atom. The van der Waals surface area contributed by atoms with Gasteiger partial charge in [0.15, 0.2) is 0 Å². The quantitative estimate of drug-likeness (QED) is 0.0518. The van der Waals surface area contributed by atoms with Crippen molar-refractivity contribution >= 4 is 11.9 Å². The largest absolute Gasteiger partial charge is 0.355 e. The standard InChI is InChI=1S/C34H66O4/c1-3-5-7-9-11-13-15-17-19-21-23-25-27-29-31-33(35)37-38-34(36)32-30-28-26-24-22-20-18-16-14-12-10-8-6-4-2/h3-32H2,1-2H3. The first-order valence-corrected chi connectivity index (χ1v) is 17.1. The smallest absolute Gasteiger partial charge is 0.247 e. The molecule has 0 spiro atoms. The van der Waals surface area contributed by atoms with Gasteiger partial charge in [0.25, 0.3) is 0 Å². The molecular formula is C34H66O4. The summed E-state index contributed by atoms with van der Waals surface area (Å²) in [7, 11) is 0. The van der Waals surface area contributed by atoms with E-state index in [1.54, 1.807) is 0 Å². The lowest BCUT2D eigenvalue weighted by Crippen LogP contribution is -2.11. The molecule has 0 aromatic carbocycles. The van der Waals surface area contributed by atoms with E-state index < -0.39 is 11.9 Å². The van der Waals surface area contributed by atoms with Crippen molar-refractivity contribution in [2.75, 3.05) is 0 Å². The molecule has 0 N–H and O–H groups in total. The maximum atomic E-state index is 11.8. The highest BCUT2D eigenvalue weighted by Gasteiger charge is 2.09. The van der Waals surface area contributed by atoms with Gasteiger partial charge in [-0.15, -0.1) is 0 Å². The molecule has 0 aliphatic carbocycles. The van der Waals surface area contributed by atoms with Crippen molar-refractivity contribution in [1.29, 1.82) is 0 Å². The molecule has 0 heterocycles. The molecule has 0 atom stereocenters. The molecule has 0 aromatic heterocycles. The van der Waals surface area contributed by atoms with Gasteiger partial charge < -0.3 is 0 Å². The van der Waals surface area contributed by atoms with Crippen LogP contribution in [0.25, 0.3) is 0 Å². The molecular weight excluding hydrogens is 472 g/mol. The van der Waals surface area contributed by atoms with Crippen LogP contribution in [0.1, 0.15) is 206 Å². The number of hydrogen-bond acceptors (Lipinski definition) is 4. The zero-order chi connectivity index (χ0) is 27.8. The van der Waals surface area contributed by atoms with Crippen LogP contribution >= 0.6 is 0 Å². The number of carbonyl (C=O) groups excluding carboxylic acids is 2. The zero-order valence-corrected chi connectivity index (χ0v) is 25.8. The molecule has 0 aliphatic rings. The first kappa shape index (κ1) is 36.9. The third-order valence-electron chi connectivity index (χ3n) is 7.70. The van der Waals surface area contributed by atoms with Gasteiger partial charge in [-0.05, 0) is 12.8 Å². The Bertz CT molecular complexity index is 447. The van der Waals surface area contributed by atoms with Crippen LogP contribution in [0.5, 0.6) is 0 Å². The van der Waals surface area contributed by atoms with Gasteiger partial charge in [-0.25, -0.2) is 19.4 Å². The van der Waals surface area contributed by atoms with Crippen molar-refractivity contribution in [2.24, 2.45) is 0 Å². The maximum Gasteiger partial charge on any atom is 0.355 e. The van der Waals surface area contributed by atoms with Crippen LogP contribution in [-0.4, -0.2) is 11.9 Å². The van der Waals surface area contributed by atoms with Crippen molar-refractivity contribution in [3.63, 3.8) is 0 Å². The minimum absolute atomic E-state index is 0.337. The van der Waals surface area contributed by atoms with Gasteiger partial charge in [0, 0.05) is 0 Å². The molecule has 38 heavy (non-hydrogen) atoms. The Morgan fingerprint density at radius 2 is 0.500 bits per heavy atom. The zero-order valence-electron chi connectivity index (χ0n) is 25.8. The monoisotopic (exact) mass is 538 g/mol. The fraction of sp³-hybridized carbons (Fsp3) is 0.941.